The number of rotatable bonds is 5. The van der Waals surface area contributed by atoms with Crippen molar-refractivity contribution in [1.29, 1.82) is 0 Å². The zero-order valence-electron chi connectivity index (χ0n) is 12.5. The van der Waals surface area contributed by atoms with Gasteiger partial charge in [-0.15, -0.1) is 0 Å². The third-order valence-corrected chi connectivity index (χ3v) is 6.00. The van der Waals surface area contributed by atoms with Gasteiger partial charge in [-0.05, 0) is 37.8 Å². The molecule has 3 rings (SSSR count). The molecule has 0 aliphatic carbocycles. The van der Waals surface area contributed by atoms with Crippen molar-refractivity contribution in [2.75, 3.05) is 31.1 Å². The summed E-state index contributed by atoms with van der Waals surface area (Å²) in [4.78, 5) is 2.29. The first kappa shape index (κ1) is 14.8. The molecule has 1 N–H and O–H groups in total. The van der Waals surface area contributed by atoms with Gasteiger partial charge in [0.2, 0.25) is 0 Å². The lowest BCUT2D eigenvalue weighted by Crippen LogP contribution is -2.46. The molecule has 1 unspecified atom stereocenters. The smallest absolute Gasteiger partial charge is 0.279 e. The largest absolute Gasteiger partial charge is 0.367 e. The average molecular weight is 311 g/mol. The lowest BCUT2D eigenvalue weighted by Gasteiger charge is -2.28. The first-order chi connectivity index (χ1) is 10.1. The monoisotopic (exact) mass is 311 g/mol. The molecule has 2 heterocycles. The minimum atomic E-state index is -3.31. The van der Waals surface area contributed by atoms with Gasteiger partial charge in [-0.3, -0.25) is 0 Å². The number of fused-ring (bicyclic) bond motifs is 1. The standard InChI is InChI=1S/C15H23N3O2S.H2/c1-13(12-16-21(19,20)17-9-4-5-10-17)18-11-8-14-6-2-3-7-15(14)18;/h2-3,6-7,13,16H,4-5,8-12H2,1H3;1H. The van der Waals surface area contributed by atoms with Crippen LogP contribution in [0.4, 0.5) is 5.69 Å². The van der Waals surface area contributed by atoms with E-state index in [-0.39, 0.29) is 7.47 Å². The van der Waals surface area contributed by atoms with Crippen LogP contribution in [0.2, 0.25) is 0 Å². The van der Waals surface area contributed by atoms with E-state index in [1.54, 1.807) is 4.31 Å². The quantitative estimate of drug-likeness (QED) is 0.899. The van der Waals surface area contributed by atoms with Crippen LogP contribution < -0.4 is 9.62 Å². The highest BCUT2D eigenvalue weighted by atomic mass is 32.2. The van der Waals surface area contributed by atoms with Crippen molar-refractivity contribution < 1.29 is 9.84 Å². The van der Waals surface area contributed by atoms with Crippen molar-refractivity contribution in [3.05, 3.63) is 29.8 Å². The van der Waals surface area contributed by atoms with Gasteiger partial charge < -0.3 is 4.90 Å². The molecule has 0 saturated carbocycles. The molecule has 0 spiro atoms. The predicted molar refractivity (Wildman–Crippen MR) is 86.8 cm³/mol. The molecule has 0 radical (unpaired) electrons. The van der Waals surface area contributed by atoms with Crippen LogP contribution in [0.5, 0.6) is 0 Å². The Balaban J connectivity index is 0.00000176. The maximum Gasteiger partial charge on any atom is 0.279 e. The molecular formula is C15H25N3O2S. The van der Waals surface area contributed by atoms with Gasteiger partial charge in [-0.25, -0.2) is 4.72 Å². The van der Waals surface area contributed by atoms with E-state index in [4.69, 9.17) is 0 Å². The van der Waals surface area contributed by atoms with Crippen molar-refractivity contribution in [2.45, 2.75) is 32.2 Å². The molecule has 0 bridgehead atoms. The Morgan fingerprint density at radius 1 is 1.24 bits per heavy atom. The number of anilines is 1. The molecule has 2 aliphatic heterocycles. The summed E-state index contributed by atoms with van der Waals surface area (Å²) in [7, 11) is -3.31. The number of hydrogen-bond acceptors (Lipinski definition) is 3. The van der Waals surface area contributed by atoms with Crippen LogP contribution in [0.1, 0.15) is 26.8 Å². The van der Waals surface area contributed by atoms with Crippen LogP contribution in [-0.4, -0.2) is 44.9 Å². The van der Waals surface area contributed by atoms with E-state index >= 15 is 0 Å². The second-order valence-electron chi connectivity index (χ2n) is 5.88. The summed E-state index contributed by atoms with van der Waals surface area (Å²) in [5, 5.41) is 0. The molecule has 21 heavy (non-hydrogen) atoms. The lowest BCUT2D eigenvalue weighted by atomic mass is 10.2. The summed E-state index contributed by atoms with van der Waals surface area (Å²) < 4.78 is 28.7. The van der Waals surface area contributed by atoms with E-state index in [0.717, 1.165) is 25.8 Å². The number of benzene rings is 1. The SMILES string of the molecule is CC(CNS(=O)(=O)N1CCCC1)N1CCc2ccccc21.[HH]. The molecule has 1 saturated heterocycles. The zero-order valence-corrected chi connectivity index (χ0v) is 13.3. The zero-order chi connectivity index (χ0) is 14.9. The Morgan fingerprint density at radius 2 is 1.95 bits per heavy atom. The number of nitrogens with zero attached hydrogens (tertiary/aromatic N) is 2. The molecular weight excluding hydrogens is 286 g/mol. The van der Waals surface area contributed by atoms with Gasteiger partial charge in [-0.1, -0.05) is 18.2 Å². The highest BCUT2D eigenvalue weighted by Crippen LogP contribution is 2.29. The first-order valence-corrected chi connectivity index (χ1v) is 9.11. The van der Waals surface area contributed by atoms with Crippen molar-refractivity contribution in [3.8, 4) is 0 Å². The summed E-state index contributed by atoms with van der Waals surface area (Å²) in [6.07, 6.45) is 2.98. The fraction of sp³-hybridized carbons (Fsp3) is 0.600. The van der Waals surface area contributed by atoms with Crippen molar-refractivity contribution in [2.24, 2.45) is 0 Å². The molecule has 118 valence electrons. The molecule has 0 aromatic heterocycles. The Bertz CT molecular complexity index is 603. The predicted octanol–water partition coefficient (Wildman–Crippen LogP) is 1.61. The van der Waals surface area contributed by atoms with Crippen LogP contribution in [0, 0.1) is 0 Å². The summed E-state index contributed by atoms with van der Waals surface area (Å²) in [6, 6.07) is 8.53. The molecule has 1 atom stereocenters. The van der Waals surface area contributed by atoms with Crippen LogP contribution >= 0.6 is 0 Å². The minimum absolute atomic E-state index is 0. The average Bonchev–Trinajstić information content (AvgIpc) is 3.14. The van der Waals surface area contributed by atoms with Crippen LogP contribution in [0.15, 0.2) is 24.3 Å². The van der Waals surface area contributed by atoms with E-state index in [2.05, 4.69) is 34.7 Å². The number of hydrogen-bond donors (Lipinski definition) is 1. The van der Waals surface area contributed by atoms with Gasteiger partial charge in [0.05, 0.1) is 0 Å². The Kier molecular flexibility index (Phi) is 4.19. The Hall–Kier alpha value is -1.11. The van der Waals surface area contributed by atoms with E-state index in [1.807, 2.05) is 6.07 Å². The van der Waals surface area contributed by atoms with Gasteiger partial charge in [0.15, 0.2) is 0 Å². The van der Waals surface area contributed by atoms with E-state index < -0.39 is 10.2 Å². The highest BCUT2D eigenvalue weighted by Gasteiger charge is 2.27. The first-order valence-electron chi connectivity index (χ1n) is 7.67. The summed E-state index contributed by atoms with van der Waals surface area (Å²) in [5.41, 5.74) is 2.59. The van der Waals surface area contributed by atoms with Crippen LogP contribution in [0.3, 0.4) is 0 Å². The number of para-hydroxylation sites is 1. The van der Waals surface area contributed by atoms with Crippen molar-refractivity contribution >= 4 is 15.9 Å². The third-order valence-electron chi connectivity index (χ3n) is 4.42. The lowest BCUT2D eigenvalue weighted by molar-refractivity contribution is 0.461. The van der Waals surface area contributed by atoms with Crippen molar-refractivity contribution in [3.63, 3.8) is 0 Å². The molecule has 2 aliphatic rings. The topological polar surface area (TPSA) is 52.7 Å². The summed E-state index contributed by atoms with van der Waals surface area (Å²) in [6.45, 7) is 4.79. The maximum atomic E-state index is 12.2. The van der Waals surface area contributed by atoms with Crippen LogP contribution in [0.25, 0.3) is 0 Å². The van der Waals surface area contributed by atoms with Gasteiger partial charge >= 0.3 is 0 Å². The van der Waals surface area contributed by atoms with Gasteiger partial charge in [0.1, 0.15) is 0 Å². The van der Waals surface area contributed by atoms with Crippen molar-refractivity contribution in [1.82, 2.24) is 9.03 Å². The Morgan fingerprint density at radius 3 is 2.71 bits per heavy atom. The minimum Gasteiger partial charge on any atom is -0.367 e. The van der Waals surface area contributed by atoms with Gasteiger partial charge in [-0.2, -0.15) is 12.7 Å². The summed E-state index contributed by atoms with van der Waals surface area (Å²) >= 11 is 0. The number of nitrogens with one attached hydrogen (secondary N) is 1. The molecule has 1 fully saturated rings. The maximum absolute atomic E-state index is 12.2. The highest BCUT2D eigenvalue weighted by molar-refractivity contribution is 7.87. The normalized spacial score (nSPS) is 20.7. The fourth-order valence-corrected chi connectivity index (χ4v) is 4.55. The van der Waals surface area contributed by atoms with Gasteiger partial charge in [0.25, 0.3) is 10.2 Å². The van der Waals surface area contributed by atoms with Gasteiger partial charge in [0, 0.05) is 39.3 Å². The summed E-state index contributed by atoms with van der Waals surface area (Å²) in [5.74, 6) is 0. The molecule has 0 amide bonds. The van der Waals surface area contributed by atoms with E-state index in [9.17, 15) is 8.42 Å². The Labute approximate surface area is 128 Å². The molecule has 1 aromatic rings. The second-order valence-corrected chi connectivity index (χ2v) is 7.64. The molecule has 6 heteroatoms. The second kappa shape index (κ2) is 5.94. The fourth-order valence-electron chi connectivity index (χ4n) is 3.18. The van der Waals surface area contributed by atoms with Crippen LogP contribution in [-0.2, 0) is 16.6 Å². The molecule has 5 nitrogen and oxygen atoms in total. The van der Waals surface area contributed by atoms with E-state index in [1.165, 1.54) is 11.3 Å². The molecule has 1 aromatic carbocycles. The third kappa shape index (κ3) is 3.07. The van der Waals surface area contributed by atoms with E-state index in [0.29, 0.717) is 19.6 Å².